The number of amides is 1. The van der Waals surface area contributed by atoms with Crippen molar-refractivity contribution in [3.8, 4) is 0 Å². The summed E-state index contributed by atoms with van der Waals surface area (Å²) in [5, 5.41) is 0. The Hall–Kier alpha value is -1.91. The number of halogens is 4. The smallest absolute Gasteiger partial charge is 0.341 e. The highest BCUT2D eigenvalue weighted by Gasteiger charge is 2.33. The van der Waals surface area contributed by atoms with Crippen LogP contribution >= 0.6 is 15.9 Å². The second-order valence-electron chi connectivity index (χ2n) is 6.01. The fourth-order valence-corrected chi connectivity index (χ4v) is 4.11. The molecule has 2 aromatic rings. The molecule has 28 heavy (non-hydrogen) atoms. The lowest BCUT2D eigenvalue weighted by Crippen LogP contribution is -2.32. The number of hydrogen-bond acceptors (Lipinski definition) is 3. The summed E-state index contributed by atoms with van der Waals surface area (Å²) in [5.41, 5.74) is -0.828. The zero-order valence-electron chi connectivity index (χ0n) is 14.8. The van der Waals surface area contributed by atoms with Gasteiger partial charge in [0.2, 0.25) is 15.9 Å². The first kappa shape index (κ1) is 22.4. The fourth-order valence-electron chi connectivity index (χ4n) is 2.48. The van der Waals surface area contributed by atoms with E-state index in [2.05, 4.69) is 20.7 Å². The molecule has 0 aromatic heterocycles. The van der Waals surface area contributed by atoms with E-state index in [0.717, 1.165) is 11.0 Å². The zero-order valence-corrected chi connectivity index (χ0v) is 17.2. The van der Waals surface area contributed by atoms with E-state index in [-0.39, 0.29) is 30.0 Å². The maximum Gasteiger partial charge on any atom is 0.416 e. The second kappa shape index (κ2) is 9.06. The van der Waals surface area contributed by atoms with E-state index in [9.17, 15) is 26.4 Å². The van der Waals surface area contributed by atoms with Crippen molar-refractivity contribution in [1.82, 2.24) is 9.62 Å². The lowest BCUT2D eigenvalue weighted by Gasteiger charge is -2.20. The summed E-state index contributed by atoms with van der Waals surface area (Å²) in [5.74, 6) is -0.478. The molecule has 1 N–H and O–H groups in total. The summed E-state index contributed by atoms with van der Waals surface area (Å²) < 4.78 is 66.4. The van der Waals surface area contributed by atoms with Crippen LogP contribution in [0.2, 0.25) is 0 Å². The minimum Gasteiger partial charge on any atom is -0.341 e. The molecule has 0 aliphatic carbocycles. The highest BCUT2D eigenvalue weighted by atomic mass is 79.9. The van der Waals surface area contributed by atoms with E-state index in [1.807, 2.05) is 0 Å². The molecule has 0 aliphatic heterocycles. The molecule has 2 rings (SSSR count). The van der Waals surface area contributed by atoms with Crippen molar-refractivity contribution in [1.29, 1.82) is 0 Å². The molecule has 0 bridgehead atoms. The molecule has 0 saturated carbocycles. The van der Waals surface area contributed by atoms with Gasteiger partial charge in [0.1, 0.15) is 0 Å². The van der Waals surface area contributed by atoms with Crippen molar-refractivity contribution in [3.05, 3.63) is 64.1 Å². The van der Waals surface area contributed by atoms with Gasteiger partial charge in [-0.1, -0.05) is 40.2 Å². The number of hydrogen-bond donors (Lipinski definition) is 1. The van der Waals surface area contributed by atoms with Crippen molar-refractivity contribution >= 4 is 31.9 Å². The van der Waals surface area contributed by atoms with Crippen LogP contribution in [-0.2, 0) is 27.5 Å². The third kappa shape index (κ3) is 6.05. The van der Waals surface area contributed by atoms with Crippen LogP contribution in [0.25, 0.3) is 0 Å². The third-order valence-electron chi connectivity index (χ3n) is 3.89. The Morgan fingerprint density at radius 3 is 2.46 bits per heavy atom. The van der Waals surface area contributed by atoms with Crippen molar-refractivity contribution in [3.63, 3.8) is 0 Å². The monoisotopic (exact) mass is 478 g/mol. The molecule has 10 heteroatoms. The van der Waals surface area contributed by atoms with Gasteiger partial charge in [0, 0.05) is 31.0 Å². The number of sulfonamides is 1. The lowest BCUT2D eigenvalue weighted by molar-refractivity contribution is -0.139. The summed E-state index contributed by atoms with van der Waals surface area (Å²) in [4.78, 5) is 13.4. The number of rotatable bonds is 7. The highest BCUT2D eigenvalue weighted by Crippen LogP contribution is 2.32. The Balaban J connectivity index is 1.95. The Kier molecular flexibility index (Phi) is 7.24. The first-order chi connectivity index (χ1) is 13.0. The number of carbonyl (C=O) groups is 1. The Labute approximate surface area is 169 Å². The van der Waals surface area contributed by atoms with E-state index in [1.54, 1.807) is 12.1 Å². The Bertz CT molecular complexity index is 949. The zero-order chi connectivity index (χ0) is 20.9. The van der Waals surface area contributed by atoms with Gasteiger partial charge in [-0.2, -0.15) is 13.2 Å². The molecule has 0 fully saturated rings. The number of benzene rings is 2. The minimum absolute atomic E-state index is 0.0273. The van der Waals surface area contributed by atoms with Gasteiger partial charge >= 0.3 is 6.18 Å². The predicted molar refractivity (Wildman–Crippen MR) is 102 cm³/mol. The number of carbonyl (C=O) groups excluding carboxylic acids is 1. The van der Waals surface area contributed by atoms with Crippen LogP contribution < -0.4 is 4.72 Å². The molecular weight excluding hydrogens is 461 g/mol. The summed E-state index contributed by atoms with van der Waals surface area (Å²) in [6.45, 7) is -0.397. The van der Waals surface area contributed by atoms with Gasteiger partial charge in [-0.25, -0.2) is 13.1 Å². The molecule has 1 amide bonds. The second-order valence-corrected chi connectivity index (χ2v) is 8.69. The van der Waals surface area contributed by atoms with Crippen LogP contribution in [-0.4, -0.2) is 32.8 Å². The molecule has 0 radical (unpaired) electrons. The summed E-state index contributed by atoms with van der Waals surface area (Å²) in [7, 11) is -2.42. The first-order valence-electron chi connectivity index (χ1n) is 8.15. The average Bonchev–Trinajstić information content (AvgIpc) is 2.61. The van der Waals surface area contributed by atoms with Gasteiger partial charge in [0.25, 0.3) is 0 Å². The first-order valence-corrected chi connectivity index (χ1v) is 10.4. The van der Waals surface area contributed by atoms with E-state index < -0.39 is 27.7 Å². The standard InChI is InChI=1S/C18H18BrF3N2O3S/c1-24(12-13-5-2-3-8-16(13)18(20,21)22)17(25)9-10-23-28(26,27)15-7-4-6-14(19)11-15/h2-8,11,23H,9-10,12H2,1H3. The molecule has 152 valence electrons. The third-order valence-corrected chi connectivity index (χ3v) is 5.85. The fraction of sp³-hybridized carbons (Fsp3) is 0.278. The van der Waals surface area contributed by atoms with E-state index in [4.69, 9.17) is 0 Å². The van der Waals surface area contributed by atoms with Crippen LogP contribution in [0.1, 0.15) is 17.5 Å². The van der Waals surface area contributed by atoms with Crippen LogP contribution in [0, 0.1) is 0 Å². The largest absolute Gasteiger partial charge is 0.416 e. The summed E-state index contributed by atoms with van der Waals surface area (Å²) in [6, 6.07) is 11.1. The summed E-state index contributed by atoms with van der Waals surface area (Å²) >= 11 is 3.18. The van der Waals surface area contributed by atoms with Gasteiger partial charge in [-0.05, 0) is 29.8 Å². The molecule has 2 aromatic carbocycles. The maximum absolute atomic E-state index is 13.0. The van der Waals surface area contributed by atoms with E-state index in [1.165, 1.54) is 37.4 Å². The molecule has 0 atom stereocenters. The normalized spacial score (nSPS) is 12.0. The summed E-state index contributed by atoms with van der Waals surface area (Å²) in [6.07, 6.45) is -4.70. The van der Waals surface area contributed by atoms with E-state index >= 15 is 0 Å². The molecule has 5 nitrogen and oxygen atoms in total. The predicted octanol–water partition coefficient (Wildman–Crippen LogP) is 3.79. The Morgan fingerprint density at radius 1 is 1.14 bits per heavy atom. The van der Waals surface area contributed by atoms with Gasteiger partial charge in [0.05, 0.1) is 10.5 Å². The molecule has 0 saturated heterocycles. The van der Waals surface area contributed by atoms with Crippen molar-refractivity contribution in [2.75, 3.05) is 13.6 Å². The van der Waals surface area contributed by atoms with Crippen LogP contribution in [0.3, 0.4) is 0 Å². The minimum atomic E-state index is -4.51. The average molecular weight is 479 g/mol. The topological polar surface area (TPSA) is 66.5 Å². The Morgan fingerprint density at radius 2 is 1.82 bits per heavy atom. The van der Waals surface area contributed by atoms with Gasteiger partial charge in [-0.3, -0.25) is 4.79 Å². The van der Waals surface area contributed by atoms with Crippen molar-refractivity contribution in [2.24, 2.45) is 0 Å². The lowest BCUT2D eigenvalue weighted by atomic mass is 10.1. The molecule has 0 aliphatic rings. The van der Waals surface area contributed by atoms with Crippen LogP contribution in [0.15, 0.2) is 57.9 Å². The SMILES string of the molecule is CN(Cc1ccccc1C(F)(F)F)C(=O)CCNS(=O)(=O)c1cccc(Br)c1. The van der Waals surface area contributed by atoms with Crippen LogP contribution in [0.4, 0.5) is 13.2 Å². The van der Waals surface area contributed by atoms with Gasteiger partial charge in [0.15, 0.2) is 0 Å². The van der Waals surface area contributed by atoms with Crippen LogP contribution in [0.5, 0.6) is 0 Å². The highest BCUT2D eigenvalue weighted by molar-refractivity contribution is 9.10. The molecular formula is C18H18BrF3N2O3S. The number of nitrogens with zero attached hydrogens (tertiary/aromatic N) is 1. The quantitative estimate of drug-likeness (QED) is 0.658. The maximum atomic E-state index is 13.0. The van der Waals surface area contributed by atoms with Gasteiger partial charge in [-0.15, -0.1) is 0 Å². The molecule has 0 unspecified atom stereocenters. The molecule has 0 spiro atoms. The van der Waals surface area contributed by atoms with Crippen molar-refractivity contribution < 1.29 is 26.4 Å². The number of nitrogens with one attached hydrogen (secondary N) is 1. The number of alkyl halides is 3. The van der Waals surface area contributed by atoms with E-state index in [0.29, 0.717) is 4.47 Å². The van der Waals surface area contributed by atoms with Gasteiger partial charge < -0.3 is 4.90 Å². The van der Waals surface area contributed by atoms with Crippen molar-refractivity contribution in [2.45, 2.75) is 24.0 Å². The molecule has 0 heterocycles.